The van der Waals surface area contributed by atoms with E-state index in [2.05, 4.69) is 57.4 Å². The maximum absolute atomic E-state index is 4.67. The first-order valence-corrected chi connectivity index (χ1v) is 8.67. The molecule has 0 amide bonds. The van der Waals surface area contributed by atoms with Crippen LogP contribution in [0.15, 0.2) is 22.7 Å². The monoisotopic (exact) mass is 353 g/mol. The highest BCUT2D eigenvalue weighted by Gasteiger charge is 2.35. The number of fused-ring (bicyclic) bond motifs is 1. The summed E-state index contributed by atoms with van der Waals surface area (Å²) in [5, 5.41) is 4.60. The van der Waals surface area contributed by atoms with E-state index in [4.69, 9.17) is 0 Å². The molecule has 20 heavy (non-hydrogen) atoms. The molecule has 0 aliphatic heterocycles. The summed E-state index contributed by atoms with van der Waals surface area (Å²) >= 11 is 5.25. The highest BCUT2D eigenvalue weighted by molar-refractivity contribution is 9.10. The van der Waals surface area contributed by atoms with Crippen molar-refractivity contribution in [1.82, 2.24) is 9.88 Å². The molecular formula is C15H20BrN3S. The van der Waals surface area contributed by atoms with Crippen molar-refractivity contribution < 1.29 is 0 Å². The van der Waals surface area contributed by atoms with Crippen LogP contribution in [0.2, 0.25) is 0 Å². The molecule has 0 unspecified atom stereocenters. The zero-order valence-electron chi connectivity index (χ0n) is 11.9. The highest BCUT2D eigenvalue weighted by Crippen LogP contribution is 2.35. The molecule has 1 aliphatic carbocycles. The van der Waals surface area contributed by atoms with E-state index in [1.807, 2.05) is 6.07 Å². The lowest BCUT2D eigenvalue weighted by Gasteiger charge is -2.36. The van der Waals surface area contributed by atoms with Crippen molar-refractivity contribution >= 4 is 42.6 Å². The number of halogens is 1. The second-order valence-corrected chi connectivity index (χ2v) is 7.76. The Bertz CT molecular complexity index is 602. The first-order valence-electron chi connectivity index (χ1n) is 7.06. The zero-order chi connectivity index (χ0) is 14.2. The number of anilines is 1. The van der Waals surface area contributed by atoms with Crippen LogP contribution in [-0.4, -0.2) is 36.1 Å². The van der Waals surface area contributed by atoms with Crippen molar-refractivity contribution in [1.29, 1.82) is 0 Å². The van der Waals surface area contributed by atoms with Gasteiger partial charge in [0.05, 0.1) is 10.2 Å². The van der Waals surface area contributed by atoms with Crippen molar-refractivity contribution in [3.63, 3.8) is 0 Å². The van der Waals surface area contributed by atoms with Gasteiger partial charge in [-0.2, -0.15) is 0 Å². The van der Waals surface area contributed by atoms with Crippen LogP contribution in [0.25, 0.3) is 10.2 Å². The number of hydrogen-bond donors (Lipinski definition) is 1. The van der Waals surface area contributed by atoms with Gasteiger partial charge in [0.1, 0.15) is 0 Å². The molecule has 1 aromatic carbocycles. The molecule has 1 aliphatic rings. The summed E-state index contributed by atoms with van der Waals surface area (Å²) in [6.07, 6.45) is 5.24. The van der Waals surface area contributed by atoms with E-state index in [1.165, 1.54) is 30.4 Å². The minimum absolute atomic E-state index is 0.304. The summed E-state index contributed by atoms with van der Waals surface area (Å²) < 4.78 is 2.34. The zero-order valence-corrected chi connectivity index (χ0v) is 14.4. The number of aromatic nitrogens is 1. The summed E-state index contributed by atoms with van der Waals surface area (Å²) in [7, 11) is 4.39. The van der Waals surface area contributed by atoms with Crippen LogP contribution in [0.4, 0.5) is 5.13 Å². The Hall–Kier alpha value is -0.650. The Kier molecular flexibility index (Phi) is 4.02. The minimum atomic E-state index is 0.304. The van der Waals surface area contributed by atoms with Gasteiger partial charge >= 0.3 is 0 Å². The van der Waals surface area contributed by atoms with Crippen LogP contribution in [0.5, 0.6) is 0 Å². The molecule has 1 fully saturated rings. The van der Waals surface area contributed by atoms with Crippen LogP contribution in [0.1, 0.15) is 25.7 Å². The van der Waals surface area contributed by atoms with E-state index in [9.17, 15) is 0 Å². The summed E-state index contributed by atoms with van der Waals surface area (Å²) in [5.41, 5.74) is 1.38. The molecule has 1 aromatic heterocycles. The van der Waals surface area contributed by atoms with Gasteiger partial charge in [0, 0.05) is 16.6 Å². The molecule has 0 saturated heterocycles. The molecule has 1 saturated carbocycles. The Morgan fingerprint density at radius 3 is 2.80 bits per heavy atom. The second-order valence-electron chi connectivity index (χ2n) is 5.81. The fourth-order valence-electron chi connectivity index (χ4n) is 3.03. The third-order valence-corrected chi connectivity index (χ3v) is 5.87. The summed E-state index contributed by atoms with van der Waals surface area (Å²) in [5.74, 6) is 0. The Morgan fingerprint density at radius 1 is 1.35 bits per heavy atom. The quantitative estimate of drug-likeness (QED) is 0.885. The second kappa shape index (κ2) is 5.62. The molecule has 3 rings (SSSR count). The minimum Gasteiger partial charge on any atom is -0.360 e. The fraction of sp³-hybridized carbons (Fsp3) is 0.533. The first kappa shape index (κ1) is 14.3. The van der Waals surface area contributed by atoms with Gasteiger partial charge in [-0.05, 0) is 45.1 Å². The first-order chi connectivity index (χ1) is 9.59. The van der Waals surface area contributed by atoms with Gasteiger partial charge in [-0.1, -0.05) is 40.1 Å². The number of nitrogens with zero attached hydrogens (tertiary/aromatic N) is 2. The SMILES string of the molecule is CN(C)C1(CNc2nc3ccc(Br)cc3s2)CCCC1. The number of thiazole rings is 1. The topological polar surface area (TPSA) is 28.2 Å². The van der Waals surface area contributed by atoms with E-state index >= 15 is 0 Å². The average Bonchev–Trinajstić information content (AvgIpc) is 3.02. The van der Waals surface area contributed by atoms with Crippen LogP contribution < -0.4 is 5.32 Å². The summed E-state index contributed by atoms with van der Waals surface area (Å²) in [6.45, 7) is 0.987. The molecule has 0 radical (unpaired) electrons. The Labute approximate surface area is 132 Å². The predicted octanol–water partition coefficient (Wildman–Crippen LogP) is 4.35. The van der Waals surface area contributed by atoms with Crippen molar-refractivity contribution in [2.45, 2.75) is 31.2 Å². The molecule has 2 aromatic rings. The van der Waals surface area contributed by atoms with Gasteiger partial charge in [0.2, 0.25) is 0 Å². The number of hydrogen-bond acceptors (Lipinski definition) is 4. The number of nitrogens with one attached hydrogen (secondary N) is 1. The summed E-state index contributed by atoms with van der Waals surface area (Å²) in [4.78, 5) is 7.06. The molecule has 1 heterocycles. The van der Waals surface area contributed by atoms with Crippen molar-refractivity contribution in [2.24, 2.45) is 0 Å². The molecule has 0 atom stereocenters. The number of likely N-dealkylation sites (N-methyl/N-ethyl adjacent to an activating group) is 1. The van der Waals surface area contributed by atoms with Gasteiger partial charge in [0.15, 0.2) is 5.13 Å². The van der Waals surface area contributed by atoms with Crippen molar-refractivity contribution in [2.75, 3.05) is 26.0 Å². The Morgan fingerprint density at radius 2 is 2.10 bits per heavy atom. The molecule has 0 bridgehead atoms. The number of rotatable bonds is 4. The van der Waals surface area contributed by atoms with Gasteiger partial charge in [-0.25, -0.2) is 4.98 Å². The predicted molar refractivity (Wildman–Crippen MR) is 90.7 cm³/mol. The highest BCUT2D eigenvalue weighted by atomic mass is 79.9. The van der Waals surface area contributed by atoms with E-state index in [0.29, 0.717) is 5.54 Å². The third-order valence-electron chi connectivity index (χ3n) is 4.40. The Balaban J connectivity index is 1.76. The van der Waals surface area contributed by atoms with Crippen LogP contribution in [0.3, 0.4) is 0 Å². The molecule has 3 nitrogen and oxygen atoms in total. The van der Waals surface area contributed by atoms with Gasteiger partial charge in [-0.3, -0.25) is 0 Å². The molecule has 0 spiro atoms. The fourth-order valence-corrected chi connectivity index (χ4v) is 4.44. The van der Waals surface area contributed by atoms with E-state index in [-0.39, 0.29) is 0 Å². The molecule has 1 N–H and O–H groups in total. The molecule has 5 heteroatoms. The number of benzene rings is 1. The van der Waals surface area contributed by atoms with Gasteiger partial charge in [0.25, 0.3) is 0 Å². The normalized spacial score (nSPS) is 18.0. The lowest BCUT2D eigenvalue weighted by atomic mass is 9.96. The maximum atomic E-state index is 4.67. The van der Waals surface area contributed by atoms with Crippen LogP contribution in [-0.2, 0) is 0 Å². The summed E-state index contributed by atoms with van der Waals surface area (Å²) in [6, 6.07) is 6.25. The lowest BCUT2D eigenvalue weighted by molar-refractivity contribution is 0.172. The molecule has 108 valence electrons. The maximum Gasteiger partial charge on any atom is 0.183 e. The van der Waals surface area contributed by atoms with Crippen LogP contribution in [0, 0.1) is 0 Å². The third kappa shape index (κ3) is 2.71. The average molecular weight is 354 g/mol. The van der Waals surface area contributed by atoms with Gasteiger partial charge in [-0.15, -0.1) is 0 Å². The van der Waals surface area contributed by atoms with E-state index < -0.39 is 0 Å². The van der Waals surface area contributed by atoms with Crippen LogP contribution >= 0.6 is 27.3 Å². The molecular weight excluding hydrogens is 334 g/mol. The van der Waals surface area contributed by atoms with Gasteiger partial charge < -0.3 is 10.2 Å². The van der Waals surface area contributed by atoms with E-state index in [1.54, 1.807) is 11.3 Å². The lowest BCUT2D eigenvalue weighted by Crippen LogP contribution is -2.47. The largest absolute Gasteiger partial charge is 0.360 e. The standard InChI is InChI=1S/C15H20BrN3S/c1-19(2)15(7-3-4-8-15)10-17-14-18-12-6-5-11(16)9-13(12)20-14/h5-6,9H,3-4,7-8,10H2,1-2H3,(H,17,18). The smallest absolute Gasteiger partial charge is 0.183 e. The van der Waals surface area contributed by atoms with E-state index in [0.717, 1.165) is 21.7 Å². The van der Waals surface area contributed by atoms with Crippen molar-refractivity contribution in [3.8, 4) is 0 Å². The van der Waals surface area contributed by atoms with Crippen molar-refractivity contribution in [3.05, 3.63) is 22.7 Å².